The quantitative estimate of drug-likeness (QED) is 0.143. The molecule has 188 valence electrons. The molecule has 0 fully saturated rings. The number of esters is 1. The Balaban J connectivity index is 1.69. The lowest BCUT2D eigenvalue weighted by Crippen LogP contribution is -2.40. The van der Waals surface area contributed by atoms with Crippen LogP contribution < -0.4 is 4.74 Å². The van der Waals surface area contributed by atoms with Crippen LogP contribution in [-0.4, -0.2) is 43.8 Å². The summed E-state index contributed by atoms with van der Waals surface area (Å²) in [6, 6.07) is 18.6. The molecular weight excluding hydrogens is 422 g/mol. The molecule has 0 amide bonds. The average molecular weight is 469 g/mol. The van der Waals surface area contributed by atoms with Crippen LogP contribution in [0.15, 0.2) is 54.6 Å². The molecule has 0 aliphatic rings. The van der Waals surface area contributed by atoms with Gasteiger partial charge in [-0.2, -0.15) is 0 Å². The number of aryl methyl sites for hydroxylation is 1. The van der Waals surface area contributed by atoms with Gasteiger partial charge in [0.05, 0.1) is 27.1 Å². The van der Waals surface area contributed by atoms with Crippen molar-refractivity contribution in [2.24, 2.45) is 0 Å². The zero-order valence-electron chi connectivity index (χ0n) is 21.9. The number of ether oxygens (including phenoxy) is 2. The molecule has 0 heterocycles. The Labute approximate surface area is 207 Å². The van der Waals surface area contributed by atoms with Gasteiger partial charge in [0.25, 0.3) is 0 Å². The summed E-state index contributed by atoms with van der Waals surface area (Å²) in [5.74, 6) is 0.753. The second kappa shape index (κ2) is 15.5. The first-order chi connectivity index (χ1) is 16.4. The number of rotatable bonds is 17. The van der Waals surface area contributed by atoms with Gasteiger partial charge in [0, 0.05) is 5.56 Å². The molecule has 4 nitrogen and oxygen atoms in total. The number of nitrogens with zero attached hydrogens (tertiary/aromatic N) is 1. The summed E-state index contributed by atoms with van der Waals surface area (Å²) in [5.41, 5.74) is 2.52. The predicted octanol–water partition coefficient (Wildman–Crippen LogP) is 6.96. The van der Waals surface area contributed by atoms with E-state index in [1.54, 1.807) is 0 Å². The van der Waals surface area contributed by atoms with Crippen molar-refractivity contribution in [3.8, 4) is 5.75 Å². The van der Waals surface area contributed by atoms with Crippen LogP contribution in [0.25, 0.3) is 0 Å². The fourth-order valence-corrected chi connectivity index (χ4v) is 4.18. The highest BCUT2D eigenvalue weighted by Gasteiger charge is 2.19. The second-order valence-electron chi connectivity index (χ2n) is 10.1. The summed E-state index contributed by atoms with van der Waals surface area (Å²) in [4.78, 5) is 12.3. The summed E-state index contributed by atoms with van der Waals surface area (Å²) < 4.78 is 12.4. The molecule has 0 radical (unpaired) electrons. The zero-order chi connectivity index (χ0) is 24.7. The number of para-hydroxylation sites is 1. The minimum atomic E-state index is -0.175. The molecule has 1 atom stereocenters. The van der Waals surface area contributed by atoms with Crippen LogP contribution in [0, 0.1) is 0 Å². The molecule has 0 saturated carbocycles. The summed E-state index contributed by atoms with van der Waals surface area (Å²) in [5, 5.41) is 0. The van der Waals surface area contributed by atoms with Gasteiger partial charge in [-0.3, -0.25) is 4.79 Å². The molecule has 1 unspecified atom stereocenters. The van der Waals surface area contributed by atoms with E-state index in [-0.39, 0.29) is 18.7 Å². The van der Waals surface area contributed by atoms with Crippen LogP contribution in [0.5, 0.6) is 5.75 Å². The van der Waals surface area contributed by atoms with E-state index in [9.17, 15) is 4.79 Å². The number of carbonyl (C=O) groups is 1. The van der Waals surface area contributed by atoms with Gasteiger partial charge in [0.15, 0.2) is 0 Å². The van der Waals surface area contributed by atoms with E-state index in [0.29, 0.717) is 6.42 Å². The summed E-state index contributed by atoms with van der Waals surface area (Å²) in [6.45, 7) is 6.13. The fourth-order valence-electron chi connectivity index (χ4n) is 4.18. The standard InChI is InChI=1S/C30H46NO3/c1-5-6-7-8-9-10-14-19-28-20-15-16-21-29(28)34-26(2)25-33-30(32)22-23-31(3,4)24-27-17-12-11-13-18-27/h11-13,15-18,20-21,26H,5-10,14,19,22-25H2,1-4H3/q+1. The van der Waals surface area contributed by atoms with E-state index in [2.05, 4.69) is 57.4 Å². The molecule has 2 aromatic carbocycles. The van der Waals surface area contributed by atoms with Crippen LogP contribution in [0.2, 0.25) is 0 Å². The Kier molecular flexibility index (Phi) is 12.8. The SMILES string of the molecule is CCCCCCCCCc1ccccc1OC(C)COC(=O)CC[N+](C)(C)Cc1ccccc1. The first-order valence-electron chi connectivity index (χ1n) is 13.2. The predicted molar refractivity (Wildman–Crippen MR) is 141 cm³/mol. The molecule has 4 heteroatoms. The van der Waals surface area contributed by atoms with E-state index in [1.807, 2.05) is 25.1 Å². The van der Waals surface area contributed by atoms with Crippen molar-refractivity contribution in [3.63, 3.8) is 0 Å². The van der Waals surface area contributed by atoms with Crippen LogP contribution in [0.1, 0.15) is 76.3 Å². The molecule has 0 spiro atoms. The van der Waals surface area contributed by atoms with E-state index < -0.39 is 0 Å². The van der Waals surface area contributed by atoms with Crippen molar-refractivity contribution >= 4 is 5.97 Å². The van der Waals surface area contributed by atoms with Gasteiger partial charge in [-0.15, -0.1) is 0 Å². The third-order valence-corrected chi connectivity index (χ3v) is 6.20. The van der Waals surface area contributed by atoms with Crippen LogP contribution >= 0.6 is 0 Å². The fraction of sp³-hybridized carbons (Fsp3) is 0.567. The first-order valence-corrected chi connectivity index (χ1v) is 13.2. The topological polar surface area (TPSA) is 35.5 Å². The van der Waals surface area contributed by atoms with Gasteiger partial charge in [0.2, 0.25) is 0 Å². The Hall–Kier alpha value is -2.33. The maximum Gasteiger partial charge on any atom is 0.311 e. The average Bonchev–Trinajstić information content (AvgIpc) is 2.82. The Morgan fingerprint density at radius 1 is 0.882 bits per heavy atom. The number of hydrogen-bond donors (Lipinski definition) is 0. The van der Waals surface area contributed by atoms with Gasteiger partial charge < -0.3 is 14.0 Å². The Bertz CT molecular complexity index is 819. The molecule has 0 aliphatic carbocycles. The highest BCUT2D eigenvalue weighted by atomic mass is 16.6. The smallest absolute Gasteiger partial charge is 0.311 e. The normalized spacial score (nSPS) is 12.4. The molecular formula is C30H46NO3+. The molecule has 0 bridgehead atoms. The minimum Gasteiger partial charge on any atom is -0.487 e. The van der Waals surface area contributed by atoms with Crippen LogP contribution in [0.4, 0.5) is 0 Å². The Morgan fingerprint density at radius 2 is 1.53 bits per heavy atom. The third-order valence-electron chi connectivity index (χ3n) is 6.20. The molecule has 0 aromatic heterocycles. The molecule has 2 rings (SSSR count). The van der Waals surface area contributed by atoms with Crippen molar-refractivity contribution in [2.45, 2.75) is 84.3 Å². The monoisotopic (exact) mass is 468 g/mol. The van der Waals surface area contributed by atoms with Crippen LogP contribution in [-0.2, 0) is 22.5 Å². The number of hydrogen-bond acceptors (Lipinski definition) is 3. The maximum absolute atomic E-state index is 12.3. The molecule has 2 aromatic rings. The largest absolute Gasteiger partial charge is 0.487 e. The highest BCUT2D eigenvalue weighted by Crippen LogP contribution is 2.22. The van der Waals surface area contributed by atoms with E-state index in [1.165, 1.54) is 56.1 Å². The van der Waals surface area contributed by atoms with Crippen molar-refractivity contribution in [1.29, 1.82) is 0 Å². The minimum absolute atomic E-state index is 0.161. The number of benzene rings is 2. The lowest BCUT2D eigenvalue weighted by atomic mass is 10.0. The van der Waals surface area contributed by atoms with Gasteiger partial charge in [-0.1, -0.05) is 94.0 Å². The van der Waals surface area contributed by atoms with Gasteiger partial charge in [-0.05, 0) is 31.4 Å². The number of carbonyl (C=O) groups excluding carboxylic acids is 1. The highest BCUT2D eigenvalue weighted by molar-refractivity contribution is 5.69. The van der Waals surface area contributed by atoms with Crippen molar-refractivity contribution in [2.75, 3.05) is 27.2 Å². The summed E-state index contributed by atoms with van der Waals surface area (Å²) >= 11 is 0. The molecule has 34 heavy (non-hydrogen) atoms. The van der Waals surface area contributed by atoms with Crippen molar-refractivity contribution in [1.82, 2.24) is 0 Å². The lowest BCUT2D eigenvalue weighted by Gasteiger charge is -2.29. The number of quaternary nitrogens is 1. The van der Waals surface area contributed by atoms with Gasteiger partial charge in [-0.25, -0.2) is 0 Å². The molecule has 0 aliphatic heterocycles. The zero-order valence-corrected chi connectivity index (χ0v) is 21.9. The summed E-state index contributed by atoms with van der Waals surface area (Å²) in [7, 11) is 4.29. The maximum atomic E-state index is 12.3. The third kappa shape index (κ3) is 11.7. The van der Waals surface area contributed by atoms with Gasteiger partial charge >= 0.3 is 5.97 Å². The van der Waals surface area contributed by atoms with Crippen LogP contribution in [0.3, 0.4) is 0 Å². The van der Waals surface area contributed by atoms with Crippen molar-refractivity contribution < 1.29 is 18.8 Å². The number of unbranched alkanes of at least 4 members (excludes halogenated alkanes) is 6. The second-order valence-corrected chi connectivity index (χ2v) is 10.1. The van der Waals surface area contributed by atoms with Crippen molar-refractivity contribution in [3.05, 3.63) is 65.7 Å². The lowest BCUT2D eigenvalue weighted by molar-refractivity contribution is -0.903. The van der Waals surface area contributed by atoms with Gasteiger partial charge in [0.1, 0.15) is 25.0 Å². The van der Waals surface area contributed by atoms with E-state index >= 15 is 0 Å². The molecule has 0 saturated heterocycles. The van der Waals surface area contributed by atoms with E-state index in [4.69, 9.17) is 9.47 Å². The Morgan fingerprint density at radius 3 is 2.26 bits per heavy atom. The molecule has 0 N–H and O–H groups in total. The summed E-state index contributed by atoms with van der Waals surface area (Å²) in [6.07, 6.45) is 10.4. The first kappa shape index (κ1) is 27.9. The van der Waals surface area contributed by atoms with E-state index in [0.717, 1.165) is 29.7 Å².